The van der Waals surface area contributed by atoms with E-state index in [-0.39, 0.29) is 42.1 Å². The summed E-state index contributed by atoms with van der Waals surface area (Å²) in [7, 11) is 0. The Hall–Kier alpha value is -4.34. The smallest absolute Gasteiger partial charge is 0.230 e. The van der Waals surface area contributed by atoms with Crippen LogP contribution in [-0.4, -0.2) is 52.5 Å². The van der Waals surface area contributed by atoms with E-state index in [0.717, 1.165) is 95.9 Å². The zero-order valence-electron chi connectivity index (χ0n) is 42.3. The Labute approximate surface area is 425 Å². The number of aliphatic hydroxyl groups excluding tert-OH is 2. The molecule has 378 valence electrons. The Morgan fingerprint density at radius 3 is 1.97 bits per heavy atom. The van der Waals surface area contributed by atoms with Crippen molar-refractivity contribution in [2.24, 2.45) is 22.9 Å². The first-order valence-corrected chi connectivity index (χ1v) is 28.3. The number of thioether (sulfide) groups is 1. The summed E-state index contributed by atoms with van der Waals surface area (Å²) in [4.78, 5) is 6.31. The molecule has 3 aliphatic rings. The second kappa shape index (κ2) is 29.2. The van der Waals surface area contributed by atoms with Gasteiger partial charge in [0.15, 0.2) is 0 Å². The predicted molar refractivity (Wildman–Crippen MR) is 291 cm³/mol. The van der Waals surface area contributed by atoms with Gasteiger partial charge in [-0.3, -0.25) is 0 Å². The van der Waals surface area contributed by atoms with Crippen molar-refractivity contribution in [2.45, 2.75) is 165 Å². The number of nitrogens with zero attached hydrogens (tertiary/aromatic N) is 1. The number of aliphatic hydroxyl groups is 2. The Morgan fingerprint density at radius 1 is 0.700 bits per heavy atom. The number of hydrogen-bond acceptors (Lipinski definition) is 8. The number of hydrogen-bond donors (Lipinski definition) is 2. The third-order valence-electron chi connectivity index (χ3n) is 14.9. The molecule has 4 aromatic carbocycles. The Morgan fingerprint density at radius 2 is 1.31 bits per heavy atom. The molecule has 8 heteroatoms. The zero-order chi connectivity index (χ0) is 48.6. The van der Waals surface area contributed by atoms with Gasteiger partial charge in [-0.1, -0.05) is 193 Å². The van der Waals surface area contributed by atoms with Gasteiger partial charge in [-0.2, -0.15) is 11.8 Å². The third kappa shape index (κ3) is 14.9. The van der Waals surface area contributed by atoms with Gasteiger partial charge in [-0.05, 0) is 102 Å². The molecule has 1 aliphatic heterocycles. The first kappa shape index (κ1) is 53.5. The van der Waals surface area contributed by atoms with Gasteiger partial charge >= 0.3 is 0 Å². The maximum absolute atomic E-state index is 10.1. The lowest BCUT2D eigenvalue weighted by Gasteiger charge is -2.58. The fraction of sp³-hybridized carbons (Fsp3) is 0.532. The van der Waals surface area contributed by atoms with Gasteiger partial charge in [0.1, 0.15) is 23.9 Å². The lowest BCUT2D eigenvalue weighted by Crippen LogP contribution is -2.64. The Kier molecular flexibility index (Phi) is 22.3. The van der Waals surface area contributed by atoms with Crippen molar-refractivity contribution in [1.82, 2.24) is 0 Å². The van der Waals surface area contributed by atoms with Crippen molar-refractivity contribution >= 4 is 17.5 Å². The first-order valence-electron chi connectivity index (χ1n) is 27.3. The van der Waals surface area contributed by atoms with Crippen LogP contribution in [0, 0.1) is 17.8 Å². The van der Waals surface area contributed by atoms with Crippen molar-refractivity contribution in [1.29, 1.82) is 0 Å². The second-order valence-electron chi connectivity index (χ2n) is 20.0. The molecule has 7 rings (SSSR count). The van der Waals surface area contributed by atoms with Crippen LogP contribution in [0.15, 0.2) is 133 Å². The van der Waals surface area contributed by atoms with Gasteiger partial charge in [0.2, 0.25) is 5.79 Å². The molecular formula is C62H83NO6S. The van der Waals surface area contributed by atoms with Gasteiger partial charge in [-0.25, -0.2) is 0 Å². The van der Waals surface area contributed by atoms with E-state index >= 15 is 0 Å². The molecule has 4 aromatic rings. The van der Waals surface area contributed by atoms with E-state index in [0.29, 0.717) is 19.6 Å². The number of unbranched alkanes of at least 4 members (excludes halogenated alkanes) is 15. The minimum Gasteiger partial charge on any atom is -0.460 e. The summed E-state index contributed by atoms with van der Waals surface area (Å²) in [6.07, 6.45) is 28.9. The van der Waals surface area contributed by atoms with E-state index in [1.54, 1.807) is 0 Å². The Bertz CT molecular complexity index is 2180. The number of allylic oxidation sites excluding steroid dienone is 1. The van der Waals surface area contributed by atoms with Gasteiger partial charge in [0.05, 0.1) is 23.5 Å². The summed E-state index contributed by atoms with van der Waals surface area (Å²) in [6.45, 7) is 7.50. The first-order chi connectivity index (χ1) is 34.6. The lowest BCUT2D eigenvalue weighted by molar-refractivity contribution is -0.223. The van der Waals surface area contributed by atoms with Gasteiger partial charge in [-0.15, -0.1) is 6.58 Å². The Balaban J connectivity index is 1.17. The highest BCUT2D eigenvalue weighted by atomic mass is 32.2. The van der Waals surface area contributed by atoms with Crippen LogP contribution in [-0.2, 0) is 16.2 Å². The normalized spacial score (nSPS) is 21.9. The van der Waals surface area contributed by atoms with E-state index in [1.807, 2.05) is 60.3 Å². The van der Waals surface area contributed by atoms with Crippen LogP contribution in [0.1, 0.15) is 159 Å². The molecule has 0 spiro atoms. The van der Waals surface area contributed by atoms with Crippen LogP contribution in [0.25, 0.3) is 11.1 Å². The molecule has 1 fully saturated rings. The van der Waals surface area contributed by atoms with E-state index in [1.165, 1.54) is 89.0 Å². The quantitative estimate of drug-likeness (QED) is 0.0279. The van der Waals surface area contributed by atoms with Crippen molar-refractivity contribution in [3.05, 3.63) is 139 Å². The number of oxime groups is 1. The molecule has 0 saturated heterocycles. The largest absolute Gasteiger partial charge is 0.460 e. The standard InChI is InChI=1S/C62H83NO6S/c1-3-5-6-7-8-9-10-11-12-13-14-15-16-27-43-70-59-46-57(63-67-47-48-28-19-17-20-29-48)55-44-51(32-23-25-40-64)54(33-24-26-41-65)60-56-45-53(38-39-58(56)69-62(59,61(55)60)66-42-4-2)68-52-36-34-50(35-37-52)49-30-21-18-22-31-49/h4,17-22,28-31,34-39,44-45,51,54,59-61,64-65H,2-3,5-16,23-27,32-33,40-43,46-47H2,1H3/t51-,54+,59-,60+,61+,62+/m0/s1. The van der Waals surface area contributed by atoms with Crippen LogP contribution >= 0.6 is 11.8 Å². The fourth-order valence-electron chi connectivity index (χ4n) is 11.3. The fourth-order valence-corrected chi connectivity index (χ4v) is 12.7. The van der Waals surface area contributed by atoms with E-state index in [9.17, 15) is 10.2 Å². The number of rotatable bonds is 33. The molecule has 2 N–H and O–H groups in total. The molecule has 0 unspecified atom stereocenters. The highest BCUT2D eigenvalue weighted by molar-refractivity contribution is 8.00. The zero-order valence-corrected chi connectivity index (χ0v) is 43.1. The molecule has 7 nitrogen and oxygen atoms in total. The lowest BCUT2D eigenvalue weighted by atomic mass is 9.56. The SMILES string of the molecule is C=CCO[C@@]12Oc3ccc(Oc4ccc(-c5ccccc5)cc4)cc3[C@H]3[C@H](CCCCO)[C@@H](CCCCO)C=C(C(=NOCc4ccccc4)C[C@@H]1SCCCCCCCCCCCCCCCC)[C@H]32. The van der Waals surface area contributed by atoms with Crippen molar-refractivity contribution < 1.29 is 29.3 Å². The van der Waals surface area contributed by atoms with Gasteiger partial charge in [0.25, 0.3) is 0 Å². The molecule has 0 radical (unpaired) electrons. The topological polar surface area (TPSA) is 89.7 Å². The molecule has 0 bridgehead atoms. The number of benzene rings is 4. The summed E-state index contributed by atoms with van der Waals surface area (Å²) in [5.41, 5.74) is 6.63. The molecule has 0 amide bonds. The minimum absolute atomic E-state index is 0.000766. The monoisotopic (exact) mass is 970 g/mol. The molecule has 0 aromatic heterocycles. The van der Waals surface area contributed by atoms with Crippen molar-refractivity contribution in [3.63, 3.8) is 0 Å². The molecule has 2 aliphatic carbocycles. The molecule has 6 atom stereocenters. The van der Waals surface area contributed by atoms with Crippen LogP contribution in [0.3, 0.4) is 0 Å². The molecular weight excluding hydrogens is 887 g/mol. The van der Waals surface area contributed by atoms with Crippen LogP contribution in [0.4, 0.5) is 0 Å². The summed E-state index contributed by atoms with van der Waals surface area (Å²) in [5.74, 6) is 2.62. The summed E-state index contributed by atoms with van der Waals surface area (Å²) in [5, 5.41) is 25.1. The summed E-state index contributed by atoms with van der Waals surface area (Å²) < 4.78 is 21.4. The second-order valence-corrected chi connectivity index (χ2v) is 21.3. The van der Waals surface area contributed by atoms with Crippen LogP contribution in [0.5, 0.6) is 17.2 Å². The van der Waals surface area contributed by atoms with E-state index < -0.39 is 5.79 Å². The average Bonchev–Trinajstić information content (AvgIpc) is 3.39. The van der Waals surface area contributed by atoms with Crippen LogP contribution < -0.4 is 9.47 Å². The van der Waals surface area contributed by atoms with Gasteiger partial charge in [0, 0.05) is 31.1 Å². The molecule has 70 heavy (non-hydrogen) atoms. The van der Waals surface area contributed by atoms with Crippen molar-refractivity contribution in [3.8, 4) is 28.4 Å². The van der Waals surface area contributed by atoms with E-state index in [2.05, 4.69) is 80.2 Å². The number of ether oxygens (including phenoxy) is 3. The third-order valence-corrected chi connectivity index (χ3v) is 16.3. The minimum atomic E-state index is -0.988. The van der Waals surface area contributed by atoms with Gasteiger partial charge < -0.3 is 29.3 Å². The average molecular weight is 970 g/mol. The predicted octanol–water partition coefficient (Wildman–Crippen LogP) is 16.2. The molecule has 1 heterocycles. The molecule has 1 saturated carbocycles. The highest BCUT2D eigenvalue weighted by Gasteiger charge is 2.64. The highest BCUT2D eigenvalue weighted by Crippen LogP contribution is 2.63. The maximum Gasteiger partial charge on any atom is 0.230 e. The van der Waals surface area contributed by atoms with Crippen molar-refractivity contribution in [2.75, 3.05) is 25.6 Å². The summed E-state index contributed by atoms with van der Waals surface area (Å²) in [6, 6.07) is 35.3. The summed E-state index contributed by atoms with van der Waals surface area (Å²) >= 11 is 1.97. The van der Waals surface area contributed by atoms with E-state index in [4.69, 9.17) is 24.2 Å². The maximum atomic E-state index is 10.1. The van der Waals surface area contributed by atoms with Crippen LogP contribution in [0.2, 0.25) is 0 Å². The number of fused-ring (bicyclic) bond motifs is 2.